The van der Waals surface area contributed by atoms with Crippen molar-refractivity contribution in [1.29, 1.82) is 0 Å². The van der Waals surface area contributed by atoms with E-state index in [1.54, 1.807) is 7.11 Å². The van der Waals surface area contributed by atoms with Crippen LogP contribution < -0.4 is 10.1 Å². The van der Waals surface area contributed by atoms with E-state index in [1.165, 1.54) is 19.3 Å². The molecule has 1 N–H and O–H groups in total. The van der Waals surface area contributed by atoms with E-state index in [0.29, 0.717) is 11.9 Å². The van der Waals surface area contributed by atoms with Crippen molar-refractivity contribution in [1.82, 2.24) is 4.98 Å². The number of methoxy groups -OCH3 is 1. The fraction of sp³-hybridized carbons (Fsp3) is 0.583. The third-order valence-electron chi connectivity index (χ3n) is 2.98. The molecule has 0 radical (unpaired) electrons. The van der Waals surface area contributed by atoms with Gasteiger partial charge in [0.1, 0.15) is 5.82 Å². The number of nitrogens with zero attached hydrogens (tertiary/aromatic N) is 1. The van der Waals surface area contributed by atoms with E-state index in [-0.39, 0.29) is 0 Å². The van der Waals surface area contributed by atoms with Gasteiger partial charge in [-0.2, -0.15) is 4.98 Å². The Morgan fingerprint density at radius 2 is 2.27 bits per heavy atom. The molecule has 1 aliphatic carbocycles. The zero-order valence-corrected chi connectivity index (χ0v) is 9.36. The lowest BCUT2D eigenvalue weighted by molar-refractivity contribution is 0.398. The van der Waals surface area contributed by atoms with Crippen LogP contribution in [-0.4, -0.2) is 18.1 Å². The summed E-state index contributed by atoms with van der Waals surface area (Å²) in [6, 6.07) is 6.40. The molecule has 2 rings (SSSR count). The number of ether oxygens (including phenoxy) is 1. The van der Waals surface area contributed by atoms with Gasteiger partial charge in [-0.1, -0.05) is 13.0 Å². The third kappa shape index (κ3) is 2.61. The van der Waals surface area contributed by atoms with Gasteiger partial charge in [-0.15, -0.1) is 0 Å². The van der Waals surface area contributed by atoms with Gasteiger partial charge in [-0.25, -0.2) is 0 Å². The number of nitrogens with one attached hydrogen (secondary N) is 1. The van der Waals surface area contributed by atoms with E-state index in [0.717, 1.165) is 11.7 Å². The normalized spacial score (nSPS) is 25.2. The zero-order chi connectivity index (χ0) is 10.7. The maximum Gasteiger partial charge on any atom is 0.214 e. The van der Waals surface area contributed by atoms with Crippen molar-refractivity contribution in [2.75, 3.05) is 12.4 Å². The molecule has 15 heavy (non-hydrogen) atoms. The summed E-state index contributed by atoms with van der Waals surface area (Å²) in [5.74, 6) is 2.44. The fourth-order valence-electron chi connectivity index (χ4n) is 2.16. The van der Waals surface area contributed by atoms with Crippen LogP contribution in [0.15, 0.2) is 18.2 Å². The third-order valence-corrected chi connectivity index (χ3v) is 2.98. The first-order chi connectivity index (χ1) is 7.28. The van der Waals surface area contributed by atoms with Crippen LogP contribution in [0.25, 0.3) is 0 Å². The Labute approximate surface area is 90.9 Å². The van der Waals surface area contributed by atoms with Gasteiger partial charge in [0.25, 0.3) is 0 Å². The van der Waals surface area contributed by atoms with Crippen LogP contribution in [0.4, 0.5) is 5.82 Å². The first kappa shape index (κ1) is 10.3. The molecule has 2 unspecified atom stereocenters. The first-order valence-electron chi connectivity index (χ1n) is 5.55. The maximum atomic E-state index is 5.09. The molecule has 2 atom stereocenters. The summed E-state index contributed by atoms with van der Waals surface area (Å²) in [5.41, 5.74) is 0. The molecule has 3 heteroatoms. The van der Waals surface area contributed by atoms with Crippen LogP contribution in [-0.2, 0) is 0 Å². The number of anilines is 1. The Hall–Kier alpha value is -1.25. The van der Waals surface area contributed by atoms with Gasteiger partial charge < -0.3 is 10.1 Å². The highest BCUT2D eigenvalue weighted by Gasteiger charge is 2.21. The molecule has 0 spiro atoms. The number of rotatable bonds is 3. The molecule has 1 saturated carbocycles. The van der Waals surface area contributed by atoms with Crippen molar-refractivity contribution < 1.29 is 4.74 Å². The molecule has 1 heterocycles. The molecular formula is C12H18N2O. The summed E-state index contributed by atoms with van der Waals surface area (Å²) >= 11 is 0. The van der Waals surface area contributed by atoms with Crippen molar-refractivity contribution in [2.45, 2.75) is 32.2 Å². The second kappa shape index (κ2) is 4.51. The summed E-state index contributed by atoms with van der Waals surface area (Å²) in [6.45, 7) is 2.31. The van der Waals surface area contributed by atoms with Crippen LogP contribution >= 0.6 is 0 Å². The van der Waals surface area contributed by atoms with E-state index in [9.17, 15) is 0 Å². The molecule has 0 saturated heterocycles. The quantitative estimate of drug-likeness (QED) is 0.825. The Morgan fingerprint density at radius 3 is 2.93 bits per heavy atom. The van der Waals surface area contributed by atoms with Gasteiger partial charge in [0.05, 0.1) is 7.11 Å². The van der Waals surface area contributed by atoms with Gasteiger partial charge in [-0.3, -0.25) is 0 Å². The molecule has 1 fully saturated rings. The molecule has 1 aromatic heterocycles. The molecule has 3 nitrogen and oxygen atoms in total. The summed E-state index contributed by atoms with van der Waals surface area (Å²) in [4.78, 5) is 4.35. The predicted octanol–water partition coefficient (Wildman–Crippen LogP) is 2.69. The molecule has 0 bridgehead atoms. The SMILES string of the molecule is COc1cccc(NC2CCC(C)C2)n1. The minimum absolute atomic E-state index is 0.583. The van der Waals surface area contributed by atoms with E-state index in [4.69, 9.17) is 4.74 Å². The number of pyridine rings is 1. The summed E-state index contributed by atoms with van der Waals surface area (Å²) in [5, 5.41) is 3.45. The van der Waals surface area contributed by atoms with Gasteiger partial charge in [0, 0.05) is 12.1 Å². The molecule has 82 valence electrons. The Bertz CT molecular complexity index is 327. The minimum Gasteiger partial charge on any atom is -0.481 e. The smallest absolute Gasteiger partial charge is 0.214 e. The molecule has 0 aliphatic heterocycles. The van der Waals surface area contributed by atoms with Gasteiger partial charge >= 0.3 is 0 Å². The van der Waals surface area contributed by atoms with E-state index >= 15 is 0 Å². The van der Waals surface area contributed by atoms with Crippen LogP contribution in [0.1, 0.15) is 26.2 Å². The molecule has 1 aliphatic rings. The van der Waals surface area contributed by atoms with Gasteiger partial charge in [0.15, 0.2) is 0 Å². The fourth-order valence-corrected chi connectivity index (χ4v) is 2.16. The monoisotopic (exact) mass is 206 g/mol. The van der Waals surface area contributed by atoms with E-state index < -0.39 is 0 Å². The first-order valence-corrected chi connectivity index (χ1v) is 5.55. The van der Waals surface area contributed by atoms with Crippen LogP contribution in [0.5, 0.6) is 5.88 Å². The van der Waals surface area contributed by atoms with Crippen LogP contribution in [0.2, 0.25) is 0 Å². The highest BCUT2D eigenvalue weighted by atomic mass is 16.5. The van der Waals surface area contributed by atoms with E-state index in [2.05, 4.69) is 17.2 Å². The van der Waals surface area contributed by atoms with Crippen molar-refractivity contribution >= 4 is 5.82 Å². The summed E-state index contributed by atoms with van der Waals surface area (Å²) < 4.78 is 5.09. The lowest BCUT2D eigenvalue weighted by Gasteiger charge is -2.13. The van der Waals surface area contributed by atoms with Crippen molar-refractivity contribution in [3.63, 3.8) is 0 Å². The topological polar surface area (TPSA) is 34.1 Å². The lowest BCUT2D eigenvalue weighted by atomic mass is 10.1. The van der Waals surface area contributed by atoms with Crippen LogP contribution in [0, 0.1) is 5.92 Å². The highest BCUT2D eigenvalue weighted by Crippen LogP contribution is 2.27. The minimum atomic E-state index is 0.583. The molecular weight excluding hydrogens is 188 g/mol. The number of hydrogen-bond donors (Lipinski definition) is 1. The average Bonchev–Trinajstić information content (AvgIpc) is 2.64. The Balaban J connectivity index is 1.98. The molecule has 1 aromatic rings. The maximum absolute atomic E-state index is 5.09. The predicted molar refractivity (Wildman–Crippen MR) is 61.2 cm³/mol. The van der Waals surface area contributed by atoms with Gasteiger partial charge in [0.2, 0.25) is 5.88 Å². The second-order valence-electron chi connectivity index (χ2n) is 4.32. The van der Waals surface area contributed by atoms with Crippen molar-refractivity contribution in [3.05, 3.63) is 18.2 Å². The highest BCUT2D eigenvalue weighted by molar-refractivity contribution is 5.38. The Kier molecular flexibility index (Phi) is 3.09. The van der Waals surface area contributed by atoms with Gasteiger partial charge in [-0.05, 0) is 31.2 Å². The number of aromatic nitrogens is 1. The van der Waals surface area contributed by atoms with E-state index in [1.807, 2.05) is 18.2 Å². The molecule has 0 aromatic carbocycles. The second-order valence-corrected chi connectivity index (χ2v) is 4.32. The lowest BCUT2D eigenvalue weighted by Crippen LogP contribution is -2.16. The molecule has 0 amide bonds. The summed E-state index contributed by atoms with van der Waals surface area (Å²) in [6.07, 6.45) is 3.82. The standard InChI is InChI=1S/C12H18N2O/c1-9-6-7-10(8-9)13-11-4-3-5-12(14-11)15-2/h3-5,9-10H,6-8H2,1-2H3,(H,13,14). The number of hydrogen-bond acceptors (Lipinski definition) is 3. The summed E-state index contributed by atoms with van der Waals surface area (Å²) in [7, 11) is 1.64. The van der Waals surface area contributed by atoms with Crippen molar-refractivity contribution in [2.24, 2.45) is 5.92 Å². The largest absolute Gasteiger partial charge is 0.481 e. The average molecular weight is 206 g/mol. The van der Waals surface area contributed by atoms with Crippen LogP contribution in [0.3, 0.4) is 0 Å². The zero-order valence-electron chi connectivity index (χ0n) is 9.36. The van der Waals surface area contributed by atoms with Crippen molar-refractivity contribution in [3.8, 4) is 5.88 Å². The Morgan fingerprint density at radius 1 is 1.40 bits per heavy atom.